The van der Waals surface area contributed by atoms with E-state index in [1.807, 2.05) is 24.3 Å². The molecule has 5 heteroatoms. The molecule has 0 saturated heterocycles. The molecule has 0 bridgehead atoms. The third kappa shape index (κ3) is 6.57. The zero-order valence-corrected chi connectivity index (χ0v) is 16.6. The third-order valence-corrected chi connectivity index (χ3v) is 6.49. The number of carbonyl (C=O) groups excluding carboxylic acids is 2. The van der Waals surface area contributed by atoms with Gasteiger partial charge in [-0.3, -0.25) is 9.59 Å². The van der Waals surface area contributed by atoms with Gasteiger partial charge in [0.1, 0.15) is 11.7 Å². The zero-order valence-electron chi connectivity index (χ0n) is 15.6. The van der Waals surface area contributed by atoms with Gasteiger partial charge in [0, 0.05) is 0 Å². The Morgan fingerprint density at radius 3 is 2.25 bits per heavy atom. The molecule has 0 aliphatic carbocycles. The summed E-state index contributed by atoms with van der Waals surface area (Å²) in [5.74, 6) is -1.53. The van der Waals surface area contributed by atoms with Gasteiger partial charge >= 0.3 is 5.97 Å². The van der Waals surface area contributed by atoms with Crippen LogP contribution in [0.2, 0.25) is 19.1 Å². The highest BCUT2D eigenvalue weighted by atomic mass is 28.4. The van der Waals surface area contributed by atoms with Gasteiger partial charge in [0.05, 0.1) is 13.2 Å². The number of Topliss-reactive ketones (excluding diaryl/α,β-unsaturated/α-hetero) is 1. The maximum absolute atomic E-state index is 12.0. The van der Waals surface area contributed by atoms with E-state index in [4.69, 9.17) is 9.16 Å². The smallest absolute Gasteiger partial charge is 0.320 e. The normalized spacial score (nSPS) is 12.7. The largest absolute Gasteiger partial charge is 0.465 e. The van der Waals surface area contributed by atoms with Crippen LogP contribution in [-0.4, -0.2) is 26.7 Å². The second-order valence-corrected chi connectivity index (χ2v) is 11.0. The Morgan fingerprint density at radius 2 is 1.75 bits per heavy atom. The number of hydrogen-bond acceptors (Lipinski definition) is 4. The van der Waals surface area contributed by atoms with Crippen LogP contribution in [0.1, 0.15) is 50.7 Å². The third-order valence-electron chi connectivity index (χ3n) is 4.00. The maximum Gasteiger partial charge on any atom is 0.320 e. The number of ether oxygens (including phenoxy) is 1. The van der Waals surface area contributed by atoms with Gasteiger partial charge < -0.3 is 9.16 Å². The number of rotatable bonds is 10. The fraction of sp³-hybridized carbons (Fsp3) is 0.579. The Kier molecular flexibility index (Phi) is 8.35. The average molecular weight is 351 g/mol. The minimum absolute atomic E-state index is 0.203. The molecule has 1 atom stereocenters. The topological polar surface area (TPSA) is 52.6 Å². The van der Waals surface area contributed by atoms with E-state index in [-0.39, 0.29) is 12.4 Å². The molecule has 1 aromatic rings. The van der Waals surface area contributed by atoms with Gasteiger partial charge in [-0.25, -0.2) is 0 Å². The molecule has 1 rings (SSSR count). The van der Waals surface area contributed by atoms with Crippen molar-refractivity contribution >= 4 is 20.1 Å². The number of unbranched alkanes of at least 4 members (excludes halogenated alkanes) is 1. The fourth-order valence-corrected chi connectivity index (χ4v) is 4.43. The first-order valence-electron chi connectivity index (χ1n) is 8.70. The average Bonchev–Trinajstić information content (AvgIpc) is 2.52. The number of ketones is 1. The summed E-state index contributed by atoms with van der Waals surface area (Å²) >= 11 is 0. The van der Waals surface area contributed by atoms with E-state index in [0.29, 0.717) is 12.2 Å². The summed E-state index contributed by atoms with van der Waals surface area (Å²) in [6, 6.07) is 8.66. The zero-order chi connectivity index (χ0) is 18.2. The Morgan fingerprint density at radius 1 is 1.12 bits per heavy atom. The van der Waals surface area contributed by atoms with Crippen LogP contribution in [0.25, 0.3) is 0 Å². The van der Waals surface area contributed by atoms with Crippen molar-refractivity contribution in [3.63, 3.8) is 0 Å². The van der Waals surface area contributed by atoms with Crippen LogP contribution >= 0.6 is 0 Å². The van der Waals surface area contributed by atoms with Crippen molar-refractivity contribution < 1.29 is 18.8 Å². The maximum atomic E-state index is 12.0. The fourth-order valence-electron chi connectivity index (χ4n) is 2.52. The quantitative estimate of drug-likeness (QED) is 0.355. The lowest BCUT2D eigenvalue weighted by Gasteiger charge is -2.23. The lowest BCUT2D eigenvalue weighted by Crippen LogP contribution is -2.29. The SMILES string of the molecule is CCCC[Si](C)(C)OCc1ccc(C(C(C)=O)C(=O)OCC)cc1. The van der Waals surface area contributed by atoms with E-state index in [2.05, 4.69) is 20.0 Å². The number of esters is 1. The Labute approximate surface area is 146 Å². The molecular formula is C19H30O4Si. The lowest BCUT2D eigenvalue weighted by molar-refractivity contribution is -0.147. The van der Waals surface area contributed by atoms with Gasteiger partial charge in [0.2, 0.25) is 0 Å². The van der Waals surface area contributed by atoms with E-state index >= 15 is 0 Å². The molecule has 24 heavy (non-hydrogen) atoms. The van der Waals surface area contributed by atoms with Crippen molar-refractivity contribution in [3.05, 3.63) is 35.4 Å². The van der Waals surface area contributed by atoms with Crippen LogP contribution in [0.5, 0.6) is 0 Å². The molecule has 0 N–H and O–H groups in total. The molecule has 1 unspecified atom stereocenters. The molecule has 0 fully saturated rings. The van der Waals surface area contributed by atoms with E-state index in [0.717, 1.165) is 11.6 Å². The first-order valence-corrected chi connectivity index (χ1v) is 11.8. The summed E-state index contributed by atoms with van der Waals surface area (Å²) in [6.45, 7) is 10.7. The summed E-state index contributed by atoms with van der Waals surface area (Å²) in [5.41, 5.74) is 1.73. The van der Waals surface area contributed by atoms with Gasteiger partial charge in [-0.15, -0.1) is 0 Å². The molecule has 1 aromatic carbocycles. The molecule has 134 valence electrons. The Hall–Kier alpha value is -1.46. The molecule has 0 saturated carbocycles. The van der Waals surface area contributed by atoms with E-state index < -0.39 is 20.2 Å². The van der Waals surface area contributed by atoms with Crippen molar-refractivity contribution in [2.24, 2.45) is 0 Å². The van der Waals surface area contributed by atoms with Gasteiger partial charge in [-0.1, -0.05) is 44.0 Å². The van der Waals surface area contributed by atoms with Crippen LogP contribution in [-0.2, 0) is 25.4 Å². The van der Waals surface area contributed by atoms with Crippen LogP contribution < -0.4 is 0 Å². The highest BCUT2D eigenvalue weighted by Crippen LogP contribution is 2.21. The van der Waals surface area contributed by atoms with Crippen LogP contribution in [0, 0.1) is 0 Å². The van der Waals surface area contributed by atoms with Crippen molar-refractivity contribution in [3.8, 4) is 0 Å². The second kappa shape index (κ2) is 9.74. The minimum atomic E-state index is -1.62. The molecule has 0 heterocycles. The predicted molar refractivity (Wildman–Crippen MR) is 98.5 cm³/mol. The van der Waals surface area contributed by atoms with Gasteiger partial charge in [-0.2, -0.15) is 0 Å². The van der Waals surface area contributed by atoms with Crippen LogP contribution in [0.3, 0.4) is 0 Å². The molecule has 0 spiro atoms. The minimum Gasteiger partial charge on any atom is -0.465 e. The van der Waals surface area contributed by atoms with Crippen molar-refractivity contribution in [1.29, 1.82) is 0 Å². The van der Waals surface area contributed by atoms with Crippen LogP contribution in [0.4, 0.5) is 0 Å². The first-order chi connectivity index (χ1) is 11.3. The Bertz CT molecular complexity index is 537. The molecule has 0 aromatic heterocycles. The highest BCUT2D eigenvalue weighted by molar-refractivity contribution is 6.71. The van der Waals surface area contributed by atoms with Crippen molar-refractivity contribution in [2.75, 3.05) is 6.61 Å². The van der Waals surface area contributed by atoms with Gasteiger partial charge in [0.25, 0.3) is 0 Å². The summed E-state index contributed by atoms with van der Waals surface area (Å²) in [4.78, 5) is 23.7. The molecule has 0 aliphatic rings. The van der Waals surface area contributed by atoms with Gasteiger partial charge in [0.15, 0.2) is 8.32 Å². The number of hydrogen-bond donors (Lipinski definition) is 0. The standard InChI is InChI=1S/C19H30O4Si/c1-6-8-13-24(4,5)23-14-16-9-11-17(12-10-16)18(15(3)20)19(21)22-7-2/h9-12,18H,6-8,13-14H2,1-5H3. The summed E-state index contributed by atoms with van der Waals surface area (Å²) < 4.78 is 11.1. The first kappa shape index (κ1) is 20.6. The summed E-state index contributed by atoms with van der Waals surface area (Å²) in [7, 11) is -1.62. The predicted octanol–water partition coefficient (Wildman–Crippen LogP) is 4.44. The molecule has 4 nitrogen and oxygen atoms in total. The molecule has 0 amide bonds. The van der Waals surface area contributed by atoms with E-state index in [9.17, 15) is 9.59 Å². The second-order valence-electron chi connectivity index (χ2n) is 6.69. The van der Waals surface area contributed by atoms with E-state index in [1.165, 1.54) is 19.8 Å². The molecular weight excluding hydrogens is 320 g/mol. The van der Waals surface area contributed by atoms with Crippen LogP contribution in [0.15, 0.2) is 24.3 Å². The molecule has 0 aliphatic heterocycles. The highest BCUT2D eigenvalue weighted by Gasteiger charge is 2.26. The van der Waals surface area contributed by atoms with E-state index in [1.54, 1.807) is 6.92 Å². The molecule has 0 radical (unpaired) electrons. The summed E-state index contributed by atoms with van der Waals surface area (Å²) in [6.07, 6.45) is 2.40. The van der Waals surface area contributed by atoms with Crippen molar-refractivity contribution in [2.45, 2.75) is 65.3 Å². The summed E-state index contributed by atoms with van der Waals surface area (Å²) in [5, 5.41) is 0. The monoisotopic (exact) mass is 350 g/mol. The Balaban J connectivity index is 2.73. The number of benzene rings is 1. The number of carbonyl (C=O) groups is 2. The lowest BCUT2D eigenvalue weighted by atomic mass is 9.95. The van der Waals surface area contributed by atoms with Crippen molar-refractivity contribution in [1.82, 2.24) is 0 Å². The van der Waals surface area contributed by atoms with Gasteiger partial charge in [-0.05, 0) is 44.1 Å².